The second kappa shape index (κ2) is 5.55. The van der Waals surface area contributed by atoms with Gasteiger partial charge in [-0.25, -0.2) is 0 Å². The van der Waals surface area contributed by atoms with Gasteiger partial charge in [-0.1, -0.05) is 12.1 Å². The van der Waals surface area contributed by atoms with Crippen LogP contribution in [0.1, 0.15) is 12.1 Å². The predicted molar refractivity (Wildman–Crippen MR) is 69.7 cm³/mol. The molecule has 2 N–H and O–H groups in total. The molecule has 1 heterocycles. The molecule has 17 heavy (non-hydrogen) atoms. The van der Waals surface area contributed by atoms with E-state index < -0.39 is 0 Å². The maximum absolute atomic E-state index is 5.56. The summed E-state index contributed by atoms with van der Waals surface area (Å²) in [6.07, 6.45) is 4.05. The first-order chi connectivity index (χ1) is 8.36. The van der Waals surface area contributed by atoms with E-state index in [9.17, 15) is 0 Å². The summed E-state index contributed by atoms with van der Waals surface area (Å²) < 4.78 is 7.54. The Balaban J connectivity index is 2.35. The lowest BCUT2D eigenvalue weighted by atomic mass is 10.2. The third-order valence-corrected chi connectivity index (χ3v) is 2.81. The maximum Gasteiger partial charge on any atom is 0.142 e. The number of nitrogens with two attached hydrogens (primary N) is 1. The lowest BCUT2D eigenvalue weighted by molar-refractivity contribution is 0.412. The second-order valence-corrected chi connectivity index (χ2v) is 3.93. The normalized spacial score (nSPS) is 10.5. The van der Waals surface area contributed by atoms with Crippen LogP contribution in [0.25, 0.3) is 5.69 Å². The molecule has 0 saturated carbocycles. The van der Waals surface area contributed by atoms with Crippen LogP contribution >= 0.6 is 0 Å². The van der Waals surface area contributed by atoms with Crippen molar-refractivity contribution in [3.8, 4) is 11.4 Å². The molecule has 1 aromatic heterocycles. The Morgan fingerprint density at radius 2 is 2.00 bits per heavy atom. The average Bonchev–Trinajstić information content (AvgIpc) is 2.84. The number of aryl methyl sites for hydroxylation is 1. The highest BCUT2D eigenvalue weighted by atomic mass is 16.5. The monoisotopic (exact) mass is 230 g/mol. The van der Waals surface area contributed by atoms with Crippen LogP contribution in [0.4, 0.5) is 0 Å². The Morgan fingerprint density at radius 3 is 2.76 bits per heavy atom. The highest BCUT2D eigenvalue weighted by Crippen LogP contribution is 2.24. The zero-order valence-corrected chi connectivity index (χ0v) is 10.1. The van der Waals surface area contributed by atoms with Gasteiger partial charge >= 0.3 is 0 Å². The molecule has 0 spiro atoms. The molecular formula is C14H18N2O. The highest BCUT2D eigenvalue weighted by Gasteiger charge is 2.07. The number of para-hydroxylation sites is 2. The predicted octanol–water partition coefficient (Wildman–Crippen LogP) is 2.38. The Morgan fingerprint density at radius 1 is 1.18 bits per heavy atom. The van der Waals surface area contributed by atoms with Crippen LogP contribution in [0, 0.1) is 0 Å². The SMILES string of the molecule is COc1ccccc1-n1cccc1CCCN. The second-order valence-electron chi connectivity index (χ2n) is 3.93. The molecule has 90 valence electrons. The summed E-state index contributed by atoms with van der Waals surface area (Å²) in [5.41, 5.74) is 7.90. The van der Waals surface area contributed by atoms with Gasteiger partial charge in [0.25, 0.3) is 0 Å². The summed E-state index contributed by atoms with van der Waals surface area (Å²) in [5.74, 6) is 0.887. The minimum Gasteiger partial charge on any atom is -0.495 e. The fourth-order valence-corrected chi connectivity index (χ4v) is 1.97. The van der Waals surface area contributed by atoms with Gasteiger partial charge in [0.2, 0.25) is 0 Å². The van der Waals surface area contributed by atoms with Gasteiger partial charge in [-0.3, -0.25) is 0 Å². The van der Waals surface area contributed by atoms with Crippen LogP contribution in [-0.4, -0.2) is 18.2 Å². The molecule has 2 aromatic rings. The third-order valence-electron chi connectivity index (χ3n) is 2.81. The largest absolute Gasteiger partial charge is 0.495 e. The van der Waals surface area contributed by atoms with Gasteiger partial charge in [-0.15, -0.1) is 0 Å². The van der Waals surface area contributed by atoms with Crippen LogP contribution in [0.3, 0.4) is 0 Å². The van der Waals surface area contributed by atoms with E-state index in [1.165, 1.54) is 5.69 Å². The van der Waals surface area contributed by atoms with Gasteiger partial charge in [-0.05, 0) is 43.7 Å². The molecule has 0 amide bonds. The molecule has 0 bridgehead atoms. The molecule has 0 aliphatic carbocycles. The molecule has 1 aromatic carbocycles. The summed E-state index contributed by atoms with van der Waals surface area (Å²) in [6.45, 7) is 0.719. The van der Waals surface area contributed by atoms with E-state index >= 15 is 0 Å². The fourth-order valence-electron chi connectivity index (χ4n) is 1.97. The Bertz CT molecular complexity index is 477. The van der Waals surface area contributed by atoms with Gasteiger partial charge < -0.3 is 15.0 Å². The van der Waals surface area contributed by atoms with Crippen molar-refractivity contribution in [3.63, 3.8) is 0 Å². The van der Waals surface area contributed by atoms with E-state index in [1.807, 2.05) is 18.2 Å². The average molecular weight is 230 g/mol. The first-order valence-electron chi connectivity index (χ1n) is 5.86. The lowest BCUT2D eigenvalue weighted by Crippen LogP contribution is -2.05. The highest BCUT2D eigenvalue weighted by molar-refractivity contribution is 5.48. The van der Waals surface area contributed by atoms with Crippen molar-refractivity contribution in [2.45, 2.75) is 12.8 Å². The van der Waals surface area contributed by atoms with E-state index in [2.05, 4.69) is 29.0 Å². The van der Waals surface area contributed by atoms with Gasteiger partial charge in [0, 0.05) is 11.9 Å². The number of ether oxygens (including phenoxy) is 1. The summed E-state index contributed by atoms with van der Waals surface area (Å²) in [7, 11) is 1.70. The summed E-state index contributed by atoms with van der Waals surface area (Å²) in [6, 6.07) is 12.2. The smallest absolute Gasteiger partial charge is 0.142 e. The minimum atomic E-state index is 0.719. The van der Waals surface area contributed by atoms with Crippen molar-refractivity contribution < 1.29 is 4.74 Å². The summed E-state index contributed by atoms with van der Waals surface area (Å²) in [5, 5.41) is 0. The number of methoxy groups -OCH3 is 1. The number of hydrogen-bond acceptors (Lipinski definition) is 2. The number of rotatable bonds is 5. The Hall–Kier alpha value is -1.74. The number of aromatic nitrogens is 1. The van der Waals surface area contributed by atoms with Crippen molar-refractivity contribution in [1.82, 2.24) is 4.57 Å². The van der Waals surface area contributed by atoms with Gasteiger partial charge in [-0.2, -0.15) is 0 Å². The van der Waals surface area contributed by atoms with E-state index in [0.29, 0.717) is 0 Å². The minimum absolute atomic E-state index is 0.719. The maximum atomic E-state index is 5.56. The molecule has 2 rings (SSSR count). The zero-order chi connectivity index (χ0) is 12.1. The van der Waals surface area contributed by atoms with Crippen molar-refractivity contribution in [3.05, 3.63) is 48.3 Å². The molecule has 0 saturated heterocycles. The summed E-state index contributed by atoms with van der Waals surface area (Å²) in [4.78, 5) is 0. The zero-order valence-electron chi connectivity index (χ0n) is 10.1. The van der Waals surface area contributed by atoms with Gasteiger partial charge in [0.05, 0.1) is 12.8 Å². The van der Waals surface area contributed by atoms with Crippen molar-refractivity contribution in [2.24, 2.45) is 5.73 Å². The van der Waals surface area contributed by atoms with Crippen LogP contribution in [-0.2, 0) is 6.42 Å². The number of nitrogens with zero attached hydrogens (tertiary/aromatic N) is 1. The van der Waals surface area contributed by atoms with Gasteiger partial charge in [0.15, 0.2) is 0 Å². The van der Waals surface area contributed by atoms with Crippen LogP contribution in [0.15, 0.2) is 42.6 Å². The molecule has 0 radical (unpaired) electrons. The molecule has 3 heteroatoms. The Kier molecular flexibility index (Phi) is 3.83. The van der Waals surface area contributed by atoms with Crippen LogP contribution < -0.4 is 10.5 Å². The van der Waals surface area contributed by atoms with Gasteiger partial charge in [0.1, 0.15) is 5.75 Å². The molecule has 0 fully saturated rings. The molecule has 0 atom stereocenters. The van der Waals surface area contributed by atoms with Crippen molar-refractivity contribution >= 4 is 0 Å². The lowest BCUT2D eigenvalue weighted by Gasteiger charge is -2.12. The molecule has 3 nitrogen and oxygen atoms in total. The van der Waals surface area contributed by atoms with E-state index in [4.69, 9.17) is 10.5 Å². The van der Waals surface area contributed by atoms with Crippen molar-refractivity contribution in [2.75, 3.05) is 13.7 Å². The molecule has 0 aliphatic heterocycles. The van der Waals surface area contributed by atoms with E-state index in [0.717, 1.165) is 30.8 Å². The quantitative estimate of drug-likeness (QED) is 0.856. The molecule has 0 unspecified atom stereocenters. The standard InChI is InChI=1S/C14H18N2O/c1-17-14-9-3-2-8-13(14)16-11-5-7-12(16)6-4-10-15/h2-3,5,7-9,11H,4,6,10,15H2,1H3. The first kappa shape index (κ1) is 11.7. The van der Waals surface area contributed by atoms with Crippen LogP contribution in [0.2, 0.25) is 0 Å². The number of hydrogen-bond donors (Lipinski definition) is 1. The topological polar surface area (TPSA) is 40.2 Å². The third kappa shape index (κ3) is 2.50. The molecule has 0 aliphatic rings. The van der Waals surface area contributed by atoms with E-state index in [1.54, 1.807) is 7.11 Å². The van der Waals surface area contributed by atoms with Crippen molar-refractivity contribution in [1.29, 1.82) is 0 Å². The van der Waals surface area contributed by atoms with Crippen LogP contribution in [0.5, 0.6) is 5.75 Å². The number of benzene rings is 1. The molecular weight excluding hydrogens is 212 g/mol. The Labute approximate surface area is 102 Å². The fraction of sp³-hybridized carbons (Fsp3) is 0.286. The van der Waals surface area contributed by atoms with E-state index in [-0.39, 0.29) is 0 Å². The first-order valence-corrected chi connectivity index (χ1v) is 5.86. The summed E-state index contributed by atoms with van der Waals surface area (Å²) >= 11 is 0.